The van der Waals surface area contributed by atoms with Crippen molar-refractivity contribution in [2.75, 3.05) is 0 Å². The number of rotatable bonds is 5. The summed E-state index contributed by atoms with van der Waals surface area (Å²) < 4.78 is 35.8. The van der Waals surface area contributed by atoms with Gasteiger partial charge < -0.3 is 15.0 Å². The second-order valence-corrected chi connectivity index (χ2v) is 6.58. The Bertz CT molecular complexity index is 835. The Morgan fingerprint density at radius 1 is 1.15 bits per heavy atom. The molecule has 26 heavy (non-hydrogen) atoms. The van der Waals surface area contributed by atoms with Gasteiger partial charge in [-0.05, 0) is 36.8 Å². The topological polar surface area (TPSA) is 154 Å². The molecule has 0 spiro atoms. The predicted molar refractivity (Wildman–Crippen MR) is 89.6 cm³/mol. The van der Waals surface area contributed by atoms with Crippen molar-refractivity contribution < 1.29 is 33.2 Å². The van der Waals surface area contributed by atoms with Crippen LogP contribution in [0, 0.1) is 10.1 Å². The molecule has 0 aliphatic heterocycles. The third kappa shape index (κ3) is 7.38. The van der Waals surface area contributed by atoms with E-state index in [1.165, 1.54) is 36.4 Å². The molecule has 0 radical (unpaired) electrons. The maximum atomic E-state index is 11.1. The highest BCUT2D eigenvalue weighted by molar-refractivity contribution is 7.85. The van der Waals surface area contributed by atoms with E-state index in [1.807, 2.05) is 0 Å². The summed E-state index contributed by atoms with van der Waals surface area (Å²) >= 11 is 0. The summed E-state index contributed by atoms with van der Waals surface area (Å²) in [5.74, 6) is -0.390. The number of non-ortho nitro benzene ring substituents is 1. The van der Waals surface area contributed by atoms with Crippen molar-refractivity contribution in [1.82, 2.24) is 0 Å². The van der Waals surface area contributed by atoms with Gasteiger partial charge in [-0.3, -0.25) is 10.1 Å². The number of carbonyl (C=O) groups excluding carboxylic acids is 1. The van der Waals surface area contributed by atoms with Gasteiger partial charge in [-0.2, -0.15) is 0 Å². The van der Waals surface area contributed by atoms with Crippen molar-refractivity contribution in [3.63, 3.8) is 0 Å². The Kier molecular flexibility index (Phi) is 7.84. The lowest BCUT2D eigenvalue weighted by Gasteiger charge is -2.04. The van der Waals surface area contributed by atoms with Crippen LogP contribution in [-0.4, -0.2) is 29.9 Å². The number of esters is 1. The fourth-order valence-electron chi connectivity index (χ4n) is 1.60. The predicted octanol–water partition coefficient (Wildman–Crippen LogP) is 0.859. The first-order chi connectivity index (χ1) is 12.1. The summed E-state index contributed by atoms with van der Waals surface area (Å²) in [5.41, 5.74) is 4.25. The van der Waals surface area contributed by atoms with Gasteiger partial charge in [-0.25, -0.2) is 13.2 Å². The molecule has 140 valence electrons. The molecule has 0 heterocycles. The molecule has 2 rings (SSSR count). The second kappa shape index (κ2) is 9.61. The highest BCUT2D eigenvalue weighted by Crippen LogP contribution is 2.12. The summed E-state index contributed by atoms with van der Waals surface area (Å²) in [7, 11) is -4.25. The summed E-state index contributed by atoms with van der Waals surface area (Å²) in [6.45, 7) is 1.74. The molecule has 3 N–H and O–H groups in total. The molecule has 0 bridgehead atoms. The molecule has 9 nitrogen and oxygen atoms in total. The number of hydrogen-bond acceptors (Lipinski definition) is 7. The van der Waals surface area contributed by atoms with Gasteiger partial charge in [0.1, 0.15) is 16.7 Å². The molecule has 10 heteroatoms. The lowest BCUT2D eigenvalue weighted by Crippen LogP contribution is -2.63. The lowest BCUT2D eigenvalue weighted by molar-refractivity contribution is -0.403. The Morgan fingerprint density at radius 3 is 2.08 bits per heavy atom. The molecule has 0 amide bonds. The minimum atomic E-state index is -4.25. The van der Waals surface area contributed by atoms with Gasteiger partial charge in [0.2, 0.25) is 0 Å². The van der Waals surface area contributed by atoms with E-state index in [4.69, 9.17) is 4.74 Å². The number of nitrogens with zero attached hydrogens (tertiary/aromatic N) is 1. The zero-order valence-corrected chi connectivity index (χ0v) is 14.7. The fourth-order valence-corrected chi connectivity index (χ4v) is 2.09. The first-order valence-electron chi connectivity index (χ1n) is 7.35. The maximum Gasteiger partial charge on any atom is 0.364 e. The van der Waals surface area contributed by atoms with Crippen LogP contribution < -0.4 is 5.73 Å². The normalized spacial score (nSPS) is 11.7. The molecule has 0 fully saturated rings. The number of ether oxygens (including phenoxy) is 1. The third-order valence-corrected chi connectivity index (χ3v) is 3.81. The largest absolute Gasteiger partial charge is 0.744 e. The average molecular weight is 382 g/mol. The van der Waals surface area contributed by atoms with E-state index in [0.717, 1.165) is 0 Å². The van der Waals surface area contributed by atoms with E-state index in [9.17, 15) is 27.9 Å². The van der Waals surface area contributed by atoms with E-state index in [0.29, 0.717) is 5.56 Å². The van der Waals surface area contributed by atoms with Gasteiger partial charge in [0.15, 0.2) is 6.04 Å². The van der Waals surface area contributed by atoms with Crippen molar-refractivity contribution in [3.8, 4) is 0 Å². The number of quaternary nitrogens is 1. The smallest absolute Gasteiger partial charge is 0.364 e. The molecule has 1 unspecified atom stereocenters. The van der Waals surface area contributed by atoms with Crippen LogP contribution >= 0.6 is 0 Å². The van der Waals surface area contributed by atoms with Crippen molar-refractivity contribution in [2.24, 2.45) is 0 Å². The van der Waals surface area contributed by atoms with Crippen LogP contribution in [0.5, 0.6) is 0 Å². The minimum absolute atomic E-state index is 0.0144. The van der Waals surface area contributed by atoms with Crippen molar-refractivity contribution >= 4 is 21.8 Å². The van der Waals surface area contributed by atoms with Crippen LogP contribution in [-0.2, 0) is 26.3 Å². The molecular formula is C16H18N2O7S. The number of nitro benzene ring substituents is 1. The Morgan fingerprint density at radius 2 is 1.69 bits per heavy atom. The van der Waals surface area contributed by atoms with Crippen LogP contribution in [0.25, 0.3) is 0 Å². The summed E-state index contributed by atoms with van der Waals surface area (Å²) in [6.07, 6.45) is 0. The van der Waals surface area contributed by atoms with E-state index in [2.05, 4.69) is 5.73 Å². The van der Waals surface area contributed by atoms with Gasteiger partial charge in [0, 0.05) is 12.1 Å². The minimum Gasteiger partial charge on any atom is -0.744 e. The average Bonchev–Trinajstić information content (AvgIpc) is 2.60. The fraction of sp³-hybridized carbons (Fsp3) is 0.188. The maximum absolute atomic E-state index is 11.1. The molecule has 2 aromatic carbocycles. The molecular weight excluding hydrogens is 364 g/mol. The summed E-state index contributed by atoms with van der Waals surface area (Å²) in [6, 6.07) is 12.6. The summed E-state index contributed by atoms with van der Waals surface area (Å²) in [4.78, 5) is 20.8. The zero-order chi connectivity index (χ0) is 19.7. The Hall–Kier alpha value is -2.82. The standard InChI is InChI=1S/C10H12N2O4.C6H6O3S/c1-7(11)10(13)16-6-8-2-4-9(5-3-8)12(14)15;7-10(8,9)6-4-2-1-3-5-6/h2-5,7H,6,11H2,1H3;1-5H,(H,7,8,9). The monoisotopic (exact) mass is 382 g/mol. The van der Waals surface area contributed by atoms with Crippen molar-refractivity contribution in [3.05, 3.63) is 70.3 Å². The van der Waals surface area contributed by atoms with Crippen LogP contribution in [0.1, 0.15) is 12.5 Å². The first-order valence-corrected chi connectivity index (χ1v) is 8.76. The quantitative estimate of drug-likeness (QED) is 0.348. The Labute approximate surface area is 150 Å². The molecule has 2 aromatic rings. The van der Waals surface area contributed by atoms with Gasteiger partial charge in [0.25, 0.3) is 5.69 Å². The number of hydrogen-bond donors (Lipinski definition) is 1. The summed E-state index contributed by atoms with van der Waals surface area (Å²) in [5, 5.41) is 10.4. The van der Waals surface area contributed by atoms with E-state index in [-0.39, 0.29) is 17.2 Å². The molecule has 1 atom stereocenters. The molecule has 0 saturated carbocycles. The van der Waals surface area contributed by atoms with Gasteiger partial charge in [-0.1, -0.05) is 18.2 Å². The van der Waals surface area contributed by atoms with Gasteiger partial charge in [-0.15, -0.1) is 0 Å². The van der Waals surface area contributed by atoms with Crippen LogP contribution in [0.15, 0.2) is 59.5 Å². The van der Waals surface area contributed by atoms with Crippen LogP contribution in [0.4, 0.5) is 5.69 Å². The highest BCUT2D eigenvalue weighted by atomic mass is 32.2. The van der Waals surface area contributed by atoms with Crippen LogP contribution in [0.3, 0.4) is 0 Å². The lowest BCUT2D eigenvalue weighted by atomic mass is 10.2. The van der Waals surface area contributed by atoms with E-state index < -0.39 is 27.1 Å². The van der Waals surface area contributed by atoms with Crippen molar-refractivity contribution in [2.45, 2.75) is 24.5 Å². The third-order valence-electron chi connectivity index (χ3n) is 2.96. The van der Waals surface area contributed by atoms with Gasteiger partial charge >= 0.3 is 5.97 Å². The first kappa shape index (κ1) is 21.2. The zero-order valence-electron chi connectivity index (χ0n) is 13.9. The Balaban J connectivity index is 0.000000289. The number of carbonyl (C=O) groups is 1. The molecule has 0 saturated heterocycles. The molecule has 0 aromatic heterocycles. The van der Waals surface area contributed by atoms with Crippen LogP contribution in [0.2, 0.25) is 0 Å². The van der Waals surface area contributed by atoms with Gasteiger partial charge in [0.05, 0.1) is 9.82 Å². The molecule has 0 aliphatic carbocycles. The molecule has 0 aliphatic rings. The second-order valence-electron chi connectivity index (χ2n) is 5.20. The van der Waals surface area contributed by atoms with Crippen molar-refractivity contribution in [1.29, 1.82) is 0 Å². The van der Waals surface area contributed by atoms with E-state index in [1.54, 1.807) is 25.1 Å². The highest BCUT2D eigenvalue weighted by Gasteiger charge is 2.12. The number of nitro groups is 1. The number of benzene rings is 2. The van der Waals surface area contributed by atoms with E-state index >= 15 is 0 Å². The SMILES string of the molecule is CC([NH3+])C(=O)OCc1ccc([N+](=O)[O-])cc1.O=S(=O)([O-])c1ccccc1.